The van der Waals surface area contributed by atoms with Crippen LogP contribution in [0.1, 0.15) is 57.3 Å². The second-order valence-corrected chi connectivity index (χ2v) is 7.01. The number of nitrogens with zero attached hydrogens (tertiary/aromatic N) is 2. The number of rotatable bonds is 2. The van der Waals surface area contributed by atoms with Crippen molar-refractivity contribution in [1.82, 2.24) is 9.55 Å². The Hall–Kier alpha value is -1.42. The lowest BCUT2D eigenvalue weighted by atomic mass is 9.77. The maximum Gasteiger partial charge on any atom is 0.130 e. The van der Waals surface area contributed by atoms with Crippen molar-refractivity contribution >= 4 is 11.0 Å². The zero-order valence-corrected chi connectivity index (χ0v) is 12.5. The van der Waals surface area contributed by atoms with Crippen LogP contribution in [0, 0.1) is 11.7 Å². The Morgan fingerprint density at radius 2 is 1.95 bits per heavy atom. The molecular formula is C17H22FN3. The SMILES string of the molecule is CC1CCC(N)(c2nc3cc(F)ccc3n2C2CC2)CC1. The molecule has 2 aromatic rings. The standard InChI is InChI=1S/C17H22FN3/c1-11-6-8-17(19,9-7-11)16-20-14-10-12(18)2-5-15(14)21(16)13-3-4-13/h2,5,10-11,13H,3-4,6-9,19H2,1H3. The third-order valence-electron chi connectivity index (χ3n) is 5.18. The van der Waals surface area contributed by atoms with Gasteiger partial charge in [-0.05, 0) is 56.6 Å². The molecule has 0 amide bonds. The first-order valence-corrected chi connectivity index (χ1v) is 8.04. The summed E-state index contributed by atoms with van der Waals surface area (Å²) in [6.45, 7) is 2.29. The lowest BCUT2D eigenvalue weighted by molar-refractivity contribution is 0.231. The van der Waals surface area contributed by atoms with Crippen molar-refractivity contribution in [3.8, 4) is 0 Å². The predicted molar refractivity (Wildman–Crippen MR) is 81.5 cm³/mol. The highest BCUT2D eigenvalue weighted by atomic mass is 19.1. The molecule has 3 nitrogen and oxygen atoms in total. The Labute approximate surface area is 124 Å². The summed E-state index contributed by atoms with van der Waals surface area (Å²) in [6.07, 6.45) is 6.63. The number of halogens is 1. The van der Waals surface area contributed by atoms with E-state index in [1.807, 2.05) is 6.07 Å². The summed E-state index contributed by atoms with van der Waals surface area (Å²) in [5.41, 5.74) is 8.18. The average Bonchev–Trinajstić information content (AvgIpc) is 3.23. The van der Waals surface area contributed by atoms with E-state index in [-0.39, 0.29) is 11.4 Å². The molecule has 2 N–H and O–H groups in total. The summed E-state index contributed by atoms with van der Waals surface area (Å²) in [5, 5.41) is 0. The minimum atomic E-state index is -0.343. The third-order valence-corrected chi connectivity index (χ3v) is 5.18. The molecule has 4 rings (SSSR count). The molecule has 0 radical (unpaired) electrons. The van der Waals surface area contributed by atoms with Crippen LogP contribution in [-0.2, 0) is 5.54 Å². The summed E-state index contributed by atoms with van der Waals surface area (Å²) in [5.74, 6) is 1.51. The topological polar surface area (TPSA) is 43.8 Å². The quantitative estimate of drug-likeness (QED) is 0.911. The van der Waals surface area contributed by atoms with E-state index >= 15 is 0 Å². The van der Waals surface area contributed by atoms with Crippen LogP contribution in [0.5, 0.6) is 0 Å². The number of benzene rings is 1. The van der Waals surface area contributed by atoms with Gasteiger partial charge in [0.2, 0.25) is 0 Å². The third kappa shape index (κ3) is 2.16. The second kappa shape index (κ2) is 4.54. The van der Waals surface area contributed by atoms with Gasteiger partial charge in [0.25, 0.3) is 0 Å². The van der Waals surface area contributed by atoms with Gasteiger partial charge < -0.3 is 10.3 Å². The summed E-state index contributed by atoms with van der Waals surface area (Å²) in [6, 6.07) is 5.43. The highest BCUT2D eigenvalue weighted by molar-refractivity contribution is 5.76. The highest BCUT2D eigenvalue weighted by Gasteiger charge is 2.39. The lowest BCUT2D eigenvalue weighted by Gasteiger charge is -2.36. The molecule has 112 valence electrons. The number of hydrogen-bond acceptors (Lipinski definition) is 2. The fraction of sp³-hybridized carbons (Fsp3) is 0.588. The predicted octanol–water partition coefficient (Wildman–Crippen LogP) is 3.87. The van der Waals surface area contributed by atoms with Gasteiger partial charge in [-0.1, -0.05) is 6.92 Å². The Bertz CT molecular complexity index is 679. The Morgan fingerprint density at radius 3 is 2.62 bits per heavy atom. The molecule has 1 heterocycles. The van der Waals surface area contributed by atoms with Crippen LogP contribution in [0.2, 0.25) is 0 Å². The largest absolute Gasteiger partial charge is 0.323 e. The monoisotopic (exact) mass is 287 g/mol. The molecule has 2 saturated carbocycles. The van der Waals surface area contributed by atoms with E-state index in [9.17, 15) is 4.39 Å². The van der Waals surface area contributed by atoms with Crippen molar-refractivity contribution in [2.45, 2.75) is 57.0 Å². The fourth-order valence-electron chi connectivity index (χ4n) is 3.63. The van der Waals surface area contributed by atoms with Crippen molar-refractivity contribution in [3.05, 3.63) is 29.8 Å². The van der Waals surface area contributed by atoms with E-state index in [2.05, 4.69) is 11.5 Å². The Balaban J connectivity index is 1.85. The summed E-state index contributed by atoms with van der Waals surface area (Å²) < 4.78 is 15.8. The maximum atomic E-state index is 13.5. The van der Waals surface area contributed by atoms with Crippen molar-refractivity contribution in [3.63, 3.8) is 0 Å². The van der Waals surface area contributed by atoms with E-state index in [1.165, 1.54) is 25.0 Å². The van der Waals surface area contributed by atoms with Crippen molar-refractivity contribution in [1.29, 1.82) is 0 Å². The van der Waals surface area contributed by atoms with Gasteiger partial charge in [0.05, 0.1) is 16.6 Å². The molecule has 2 aliphatic rings. The molecule has 4 heteroatoms. The van der Waals surface area contributed by atoms with Gasteiger partial charge in [0.15, 0.2) is 0 Å². The first kappa shape index (κ1) is 13.3. The number of nitrogens with two attached hydrogens (primary N) is 1. The van der Waals surface area contributed by atoms with E-state index in [0.717, 1.165) is 48.5 Å². The molecule has 21 heavy (non-hydrogen) atoms. The average molecular weight is 287 g/mol. The van der Waals surface area contributed by atoms with E-state index in [4.69, 9.17) is 10.7 Å². The summed E-state index contributed by atoms with van der Waals surface area (Å²) in [4.78, 5) is 4.75. The fourth-order valence-corrected chi connectivity index (χ4v) is 3.63. The number of aromatic nitrogens is 2. The minimum Gasteiger partial charge on any atom is -0.323 e. The van der Waals surface area contributed by atoms with Crippen LogP contribution >= 0.6 is 0 Å². The van der Waals surface area contributed by atoms with Gasteiger partial charge in [-0.15, -0.1) is 0 Å². The van der Waals surface area contributed by atoms with Crippen LogP contribution in [0.4, 0.5) is 4.39 Å². The van der Waals surface area contributed by atoms with Gasteiger partial charge >= 0.3 is 0 Å². The normalized spacial score (nSPS) is 30.0. The molecule has 0 atom stereocenters. The smallest absolute Gasteiger partial charge is 0.130 e. The van der Waals surface area contributed by atoms with Gasteiger partial charge in [-0.3, -0.25) is 0 Å². The minimum absolute atomic E-state index is 0.224. The molecule has 0 spiro atoms. The summed E-state index contributed by atoms with van der Waals surface area (Å²) >= 11 is 0. The molecule has 1 aromatic carbocycles. The molecule has 1 aromatic heterocycles. The zero-order valence-electron chi connectivity index (χ0n) is 12.5. The van der Waals surface area contributed by atoms with E-state index in [0.29, 0.717) is 6.04 Å². The van der Waals surface area contributed by atoms with Crippen LogP contribution in [-0.4, -0.2) is 9.55 Å². The molecule has 2 fully saturated rings. The molecular weight excluding hydrogens is 265 g/mol. The maximum absolute atomic E-state index is 13.5. The van der Waals surface area contributed by atoms with Crippen molar-refractivity contribution in [2.24, 2.45) is 11.7 Å². The van der Waals surface area contributed by atoms with Gasteiger partial charge in [0, 0.05) is 12.1 Å². The van der Waals surface area contributed by atoms with E-state index < -0.39 is 0 Å². The summed E-state index contributed by atoms with van der Waals surface area (Å²) in [7, 11) is 0. The molecule has 2 aliphatic carbocycles. The molecule has 0 bridgehead atoms. The Kier molecular flexibility index (Phi) is 2.86. The lowest BCUT2D eigenvalue weighted by Crippen LogP contribution is -2.42. The first-order valence-electron chi connectivity index (χ1n) is 8.04. The first-order chi connectivity index (χ1) is 10.1. The Morgan fingerprint density at radius 1 is 1.24 bits per heavy atom. The number of fused-ring (bicyclic) bond motifs is 1. The van der Waals surface area contributed by atoms with Gasteiger partial charge in [0.1, 0.15) is 11.6 Å². The van der Waals surface area contributed by atoms with Gasteiger partial charge in [-0.2, -0.15) is 0 Å². The van der Waals surface area contributed by atoms with Gasteiger partial charge in [-0.25, -0.2) is 9.37 Å². The molecule has 0 unspecified atom stereocenters. The van der Waals surface area contributed by atoms with E-state index in [1.54, 1.807) is 0 Å². The molecule has 0 saturated heterocycles. The number of hydrogen-bond donors (Lipinski definition) is 1. The van der Waals surface area contributed by atoms with Crippen LogP contribution in [0.15, 0.2) is 18.2 Å². The molecule has 0 aliphatic heterocycles. The second-order valence-electron chi connectivity index (χ2n) is 7.01. The highest BCUT2D eigenvalue weighted by Crippen LogP contribution is 2.44. The van der Waals surface area contributed by atoms with Crippen molar-refractivity contribution in [2.75, 3.05) is 0 Å². The van der Waals surface area contributed by atoms with Crippen LogP contribution in [0.25, 0.3) is 11.0 Å². The van der Waals surface area contributed by atoms with Crippen molar-refractivity contribution < 1.29 is 4.39 Å². The zero-order chi connectivity index (χ0) is 14.6. The van der Waals surface area contributed by atoms with Crippen LogP contribution < -0.4 is 5.73 Å². The van der Waals surface area contributed by atoms with Crippen LogP contribution in [0.3, 0.4) is 0 Å². The number of imidazole rings is 1.